The van der Waals surface area contributed by atoms with E-state index in [2.05, 4.69) is 184 Å². The first-order valence-corrected chi connectivity index (χ1v) is 26.6. The van der Waals surface area contributed by atoms with Crippen molar-refractivity contribution in [1.29, 1.82) is 0 Å². The van der Waals surface area contributed by atoms with Crippen LogP contribution >= 0.6 is 0 Å². The second-order valence-corrected chi connectivity index (χ2v) is 21.0. The Morgan fingerprint density at radius 1 is 0.500 bits per heavy atom. The van der Waals surface area contributed by atoms with Gasteiger partial charge in [-0.2, -0.15) is 0 Å². The molecule has 0 atom stereocenters. The minimum Gasteiger partial charge on any atom is -0.472 e. The van der Waals surface area contributed by atoms with Crippen LogP contribution in [0.5, 0.6) is 28.7 Å². The van der Waals surface area contributed by atoms with E-state index in [9.17, 15) is 0 Å². The summed E-state index contributed by atoms with van der Waals surface area (Å²) in [7, 11) is 0. The molecule has 1 saturated carbocycles. The van der Waals surface area contributed by atoms with Crippen LogP contribution in [0.4, 0.5) is 11.4 Å². The van der Waals surface area contributed by atoms with Gasteiger partial charge >= 0.3 is 0 Å². The fourth-order valence-corrected chi connectivity index (χ4v) is 12.5. The summed E-state index contributed by atoms with van der Waals surface area (Å²) in [6, 6.07) is 48.0. The molecule has 7 aromatic carbocycles. The molecular formula is C65H70N2O3. The summed E-state index contributed by atoms with van der Waals surface area (Å²) in [5.74, 6) is 4.14. The van der Waals surface area contributed by atoms with E-state index in [-0.39, 0.29) is 5.41 Å². The highest BCUT2D eigenvalue weighted by Crippen LogP contribution is 2.64. The Morgan fingerprint density at radius 3 is 1.51 bits per heavy atom. The van der Waals surface area contributed by atoms with E-state index in [1.807, 2.05) is 0 Å². The van der Waals surface area contributed by atoms with Crippen molar-refractivity contribution in [3.8, 4) is 39.9 Å². The Morgan fingerprint density at radius 2 is 0.986 bits per heavy atom. The van der Waals surface area contributed by atoms with Crippen molar-refractivity contribution in [2.45, 2.75) is 129 Å². The van der Waals surface area contributed by atoms with Gasteiger partial charge in [-0.15, -0.1) is 0 Å². The van der Waals surface area contributed by atoms with Crippen LogP contribution < -0.4 is 24.8 Å². The average molecular weight is 927 g/mol. The van der Waals surface area contributed by atoms with Gasteiger partial charge in [-0.3, -0.25) is 0 Å². The maximum atomic E-state index is 7.88. The molecule has 70 heavy (non-hydrogen) atoms. The third-order valence-electron chi connectivity index (χ3n) is 16.8. The van der Waals surface area contributed by atoms with Crippen LogP contribution in [0.1, 0.15) is 143 Å². The van der Waals surface area contributed by atoms with E-state index in [1.165, 1.54) is 121 Å². The van der Waals surface area contributed by atoms with E-state index in [4.69, 9.17) is 14.2 Å². The zero-order chi connectivity index (χ0) is 47.7. The van der Waals surface area contributed by atoms with Gasteiger partial charge in [0.15, 0.2) is 5.60 Å². The molecule has 0 radical (unpaired) electrons. The van der Waals surface area contributed by atoms with Crippen molar-refractivity contribution < 1.29 is 14.2 Å². The smallest absolute Gasteiger partial charge is 0.178 e. The first-order chi connectivity index (χ1) is 34.3. The second kappa shape index (κ2) is 19.4. The van der Waals surface area contributed by atoms with E-state index in [0.717, 1.165) is 82.6 Å². The Labute approximate surface area is 416 Å². The number of anilines is 2. The fraction of sp³-hybridized carbons (Fsp3) is 0.354. The quantitative estimate of drug-likeness (QED) is 0.181. The lowest BCUT2D eigenvalue weighted by atomic mass is 9.58. The van der Waals surface area contributed by atoms with Crippen molar-refractivity contribution in [2.75, 3.05) is 23.7 Å². The first kappa shape index (κ1) is 46.0. The van der Waals surface area contributed by atoms with Crippen LogP contribution in [0.15, 0.2) is 140 Å². The van der Waals surface area contributed by atoms with Gasteiger partial charge in [-0.05, 0) is 170 Å². The Hall–Kier alpha value is -6.46. The molecule has 358 valence electrons. The van der Waals surface area contributed by atoms with Crippen LogP contribution in [0.25, 0.3) is 28.0 Å². The average Bonchev–Trinajstić information content (AvgIpc) is 3.66. The number of ether oxygens (including phenoxy) is 3. The van der Waals surface area contributed by atoms with Gasteiger partial charge in [0.05, 0.1) is 0 Å². The standard InChI is InChI=1S/C65H70N2O3/c1-5-63(6-2)37-39-64(40-38-63)59-44-46(4)16-34-56(59)60-55-33-15-45(3)43-58(55)62-57(61(60)64)35-36-65(70-62)47-17-25-51(26-18-47)68-53-29-21-49(22-30-53)66-41-13-11-9-7-8-10-12-14-42-67-50-23-31-54(32-24-50)69-52-27-19-48(65)20-28-52/h15-36,43-44,66-67H,5-14,37-42H2,1-4H3. The van der Waals surface area contributed by atoms with Crippen LogP contribution in [-0.2, 0) is 11.0 Å². The maximum Gasteiger partial charge on any atom is 0.178 e. The van der Waals surface area contributed by atoms with Crippen LogP contribution in [0, 0.1) is 19.3 Å². The second-order valence-electron chi connectivity index (χ2n) is 21.0. The van der Waals surface area contributed by atoms with E-state index in [0.29, 0.717) is 5.41 Å². The molecule has 16 rings (SSSR count). The summed E-state index contributed by atoms with van der Waals surface area (Å²) in [5, 5.41) is 9.67. The van der Waals surface area contributed by atoms with Gasteiger partial charge in [0, 0.05) is 52.0 Å². The van der Waals surface area contributed by atoms with E-state index >= 15 is 0 Å². The van der Waals surface area contributed by atoms with Crippen LogP contribution in [-0.4, -0.2) is 13.1 Å². The van der Waals surface area contributed by atoms with Crippen molar-refractivity contribution in [2.24, 2.45) is 5.41 Å². The molecule has 0 aromatic heterocycles. The van der Waals surface area contributed by atoms with Crippen molar-refractivity contribution in [1.82, 2.24) is 0 Å². The van der Waals surface area contributed by atoms with Crippen molar-refractivity contribution in [3.63, 3.8) is 0 Å². The third-order valence-corrected chi connectivity index (χ3v) is 16.8. The SMILES string of the molecule is CCC1(CC)CCC2(CC1)c1cc(C)ccc1-c1c2c2c(c3cc(C)ccc13)OC1(C=C2)c2ccc(cc2)Oc2ccc(cc2)NCCCCCCCCCCNc2ccc(cc2)Oc2ccc1cc2. The molecule has 7 aromatic rings. The molecule has 5 nitrogen and oxygen atoms in total. The summed E-state index contributed by atoms with van der Waals surface area (Å²) < 4.78 is 20.9. The molecule has 2 spiro atoms. The molecule has 8 bridgehead atoms. The van der Waals surface area contributed by atoms with Crippen LogP contribution in [0.3, 0.4) is 0 Å². The Bertz CT molecular complexity index is 2890. The lowest BCUT2D eigenvalue weighted by Gasteiger charge is -2.47. The van der Waals surface area contributed by atoms with Crippen molar-refractivity contribution in [3.05, 3.63) is 178 Å². The molecule has 2 aliphatic carbocycles. The molecule has 0 amide bonds. The molecule has 7 aliphatic heterocycles. The summed E-state index contributed by atoms with van der Waals surface area (Å²) in [6.45, 7) is 11.2. The van der Waals surface area contributed by atoms with Gasteiger partial charge in [-0.1, -0.05) is 137 Å². The normalized spacial score (nSPS) is 18.2. The topological polar surface area (TPSA) is 51.8 Å². The monoisotopic (exact) mass is 927 g/mol. The predicted octanol–water partition coefficient (Wildman–Crippen LogP) is 18.0. The van der Waals surface area contributed by atoms with E-state index < -0.39 is 5.60 Å². The third kappa shape index (κ3) is 8.64. The molecular weight excluding hydrogens is 857 g/mol. The molecule has 7 heterocycles. The minimum atomic E-state index is -0.948. The number of hydrogen-bond acceptors (Lipinski definition) is 5. The lowest BCUT2D eigenvalue weighted by molar-refractivity contribution is 0.132. The molecule has 2 N–H and O–H groups in total. The van der Waals surface area contributed by atoms with Crippen LogP contribution in [0.2, 0.25) is 0 Å². The molecule has 9 aliphatic rings. The highest BCUT2D eigenvalue weighted by Gasteiger charge is 2.51. The fourth-order valence-electron chi connectivity index (χ4n) is 12.5. The summed E-state index contributed by atoms with van der Waals surface area (Å²) >= 11 is 0. The number of nitrogens with one attached hydrogen (secondary N) is 2. The minimum absolute atomic E-state index is 0.0890. The summed E-state index contributed by atoms with van der Waals surface area (Å²) in [4.78, 5) is 0. The number of aryl methyl sites for hydroxylation is 2. The van der Waals surface area contributed by atoms with Crippen molar-refractivity contribution >= 4 is 28.2 Å². The molecule has 0 unspecified atom stereocenters. The first-order valence-electron chi connectivity index (χ1n) is 26.6. The van der Waals surface area contributed by atoms with Gasteiger partial charge in [0.1, 0.15) is 28.7 Å². The summed E-state index contributed by atoms with van der Waals surface area (Å²) in [5.41, 5.74) is 13.2. The Kier molecular flexibility index (Phi) is 12.7. The van der Waals surface area contributed by atoms with Gasteiger partial charge in [0.25, 0.3) is 0 Å². The zero-order valence-electron chi connectivity index (χ0n) is 41.9. The summed E-state index contributed by atoms with van der Waals surface area (Å²) in [6.07, 6.45) is 22.1. The van der Waals surface area contributed by atoms with Gasteiger partial charge in [-0.25, -0.2) is 0 Å². The number of benzene rings is 7. The number of rotatable bonds is 2. The Balaban J connectivity index is 1.00. The largest absolute Gasteiger partial charge is 0.472 e. The highest BCUT2D eigenvalue weighted by molar-refractivity contribution is 6.09. The molecule has 5 heteroatoms. The molecule has 0 saturated heterocycles. The number of fused-ring (bicyclic) bond motifs is 12. The maximum absolute atomic E-state index is 7.88. The lowest BCUT2D eigenvalue weighted by Crippen LogP contribution is -2.38. The van der Waals surface area contributed by atoms with Gasteiger partial charge < -0.3 is 24.8 Å². The predicted molar refractivity (Wildman–Crippen MR) is 291 cm³/mol. The highest BCUT2D eigenvalue weighted by atomic mass is 16.5. The van der Waals surface area contributed by atoms with E-state index in [1.54, 1.807) is 0 Å². The zero-order valence-corrected chi connectivity index (χ0v) is 41.9. The molecule has 1 fully saturated rings. The number of hydrogen-bond donors (Lipinski definition) is 2. The van der Waals surface area contributed by atoms with Gasteiger partial charge in [0.2, 0.25) is 0 Å².